The summed E-state index contributed by atoms with van der Waals surface area (Å²) in [5.41, 5.74) is 4.99. The molecule has 1 aromatic carbocycles. The smallest absolute Gasteiger partial charge is 0.277 e. The van der Waals surface area contributed by atoms with Crippen LogP contribution in [0, 0.1) is 11.6 Å². The number of hydrogen-bond donors (Lipinski definition) is 2. The van der Waals surface area contributed by atoms with Crippen LogP contribution in [-0.4, -0.2) is 26.4 Å². The third-order valence-electron chi connectivity index (χ3n) is 2.45. The number of thiazole rings is 1. The van der Waals surface area contributed by atoms with Crippen molar-refractivity contribution in [2.45, 2.75) is 4.90 Å². The molecule has 118 valence electrons. The maximum absolute atomic E-state index is 13.8. The zero-order valence-corrected chi connectivity index (χ0v) is 12.6. The Morgan fingerprint density at radius 1 is 1.36 bits per heavy atom. The van der Waals surface area contributed by atoms with Crippen LogP contribution in [-0.2, 0) is 10.0 Å². The Morgan fingerprint density at radius 2 is 2.05 bits per heavy atom. The largest absolute Gasteiger partial charge is 0.494 e. The number of carbonyl (C=O) groups excluding carboxylic acids is 1. The van der Waals surface area contributed by atoms with Crippen LogP contribution < -0.4 is 15.2 Å². The van der Waals surface area contributed by atoms with Crippen LogP contribution in [0.3, 0.4) is 0 Å². The first-order valence-corrected chi connectivity index (χ1v) is 7.86. The van der Waals surface area contributed by atoms with Crippen LogP contribution in [0.2, 0.25) is 0 Å². The minimum atomic E-state index is -4.41. The number of ether oxygens (including phenoxy) is 1. The van der Waals surface area contributed by atoms with Gasteiger partial charge in [-0.1, -0.05) is 11.3 Å². The summed E-state index contributed by atoms with van der Waals surface area (Å²) >= 11 is 0.663. The molecule has 0 saturated carbocycles. The molecule has 0 fully saturated rings. The topological polar surface area (TPSA) is 111 Å². The molecule has 0 aliphatic carbocycles. The van der Waals surface area contributed by atoms with Crippen molar-refractivity contribution in [2.75, 3.05) is 11.8 Å². The highest BCUT2D eigenvalue weighted by atomic mass is 32.2. The molecule has 0 spiro atoms. The second kappa shape index (κ2) is 5.85. The number of nitrogens with two attached hydrogens (primary N) is 1. The number of sulfonamides is 1. The lowest BCUT2D eigenvalue weighted by Gasteiger charge is -2.09. The van der Waals surface area contributed by atoms with Gasteiger partial charge in [0.15, 0.2) is 16.6 Å². The molecule has 22 heavy (non-hydrogen) atoms. The molecule has 1 aromatic heterocycles. The Balaban J connectivity index is 2.38. The number of hydrogen-bond acceptors (Lipinski definition) is 6. The molecule has 1 heterocycles. The van der Waals surface area contributed by atoms with Crippen molar-refractivity contribution in [3.05, 3.63) is 35.0 Å². The highest BCUT2D eigenvalue weighted by Crippen LogP contribution is 2.27. The fourth-order valence-corrected chi connectivity index (χ4v) is 3.51. The Labute approximate surface area is 127 Å². The summed E-state index contributed by atoms with van der Waals surface area (Å²) in [6.07, 6.45) is 1.04. The number of primary amides is 1. The summed E-state index contributed by atoms with van der Waals surface area (Å²) in [7, 11) is -3.29. The van der Waals surface area contributed by atoms with Gasteiger partial charge in [0.25, 0.3) is 15.9 Å². The van der Waals surface area contributed by atoms with Gasteiger partial charge in [-0.05, 0) is 0 Å². The quantitative estimate of drug-likeness (QED) is 0.846. The molecule has 1 amide bonds. The van der Waals surface area contributed by atoms with Crippen LogP contribution in [0.5, 0.6) is 5.75 Å². The average molecular weight is 349 g/mol. The predicted molar refractivity (Wildman–Crippen MR) is 74.4 cm³/mol. The Hall–Kier alpha value is -2.27. The fraction of sp³-hybridized carbons (Fsp3) is 0.0909. The van der Waals surface area contributed by atoms with Gasteiger partial charge in [-0.25, -0.2) is 22.2 Å². The lowest BCUT2D eigenvalue weighted by molar-refractivity contribution is 0.1000. The van der Waals surface area contributed by atoms with E-state index in [1.807, 2.05) is 4.72 Å². The molecule has 2 rings (SSSR count). The summed E-state index contributed by atoms with van der Waals surface area (Å²) < 4.78 is 58.0. The second-order valence-electron chi connectivity index (χ2n) is 3.92. The van der Waals surface area contributed by atoms with Crippen molar-refractivity contribution < 1.29 is 26.7 Å². The molecule has 0 aliphatic heterocycles. The highest BCUT2D eigenvalue weighted by Gasteiger charge is 2.23. The maximum Gasteiger partial charge on any atom is 0.277 e. The third kappa shape index (κ3) is 3.14. The SMILES string of the molecule is COc1cc(F)c(S(=O)(=O)Nc2cnc(C(N)=O)s2)cc1F. The van der Waals surface area contributed by atoms with Crippen LogP contribution >= 0.6 is 11.3 Å². The van der Waals surface area contributed by atoms with E-state index in [1.165, 1.54) is 0 Å². The van der Waals surface area contributed by atoms with E-state index in [4.69, 9.17) is 5.73 Å². The summed E-state index contributed by atoms with van der Waals surface area (Å²) in [6, 6.07) is 1.11. The fourth-order valence-electron chi connectivity index (χ4n) is 1.50. The molecule has 0 saturated heterocycles. The number of nitrogens with zero attached hydrogens (tertiary/aromatic N) is 1. The number of halogens is 2. The van der Waals surface area contributed by atoms with Gasteiger partial charge in [0, 0.05) is 12.1 Å². The van der Waals surface area contributed by atoms with E-state index in [2.05, 4.69) is 9.72 Å². The normalized spacial score (nSPS) is 11.2. The lowest BCUT2D eigenvalue weighted by Crippen LogP contribution is -2.14. The van der Waals surface area contributed by atoms with E-state index in [-0.39, 0.29) is 10.0 Å². The van der Waals surface area contributed by atoms with Gasteiger partial charge in [-0.15, -0.1) is 0 Å². The third-order valence-corrected chi connectivity index (χ3v) is 4.88. The predicted octanol–water partition coefficient (Wildman–Crippen LogP) is 1.33. The summed E-state index contributed by atoms with van der Waals surface area (Å²) in [5.74, 6) is -3.49. The van der Waals surface area contributed by atoms with Crippen molar-refractivity contribution in [3.8, 4) is 5.75 Å². The van der Waals surface area contributed by atoms with E-state index in [9.17, 15) is 22.0 Å². The molecule has 0 aliphatic rings. The number of rotatable bonds is 5. The minimum absolute atomic E-state index is 0.0653. The maximum atomic E-state index is 13.8. The van der Waals surface area contributed by atoms with Crippen molar-refractivity contribution in [2.24, 2.45) is 5.73 Å². The minimum Gasteiger partial charge on any atom is -0.494 e. The zero-order valence-electron chi connectivity index (χ0n) is 11.0. The van der Waals surface area contributed by atoms with E-state index in [1.54, 1.807) is 0 Å². The standard InChI is InChI=1S/C11H9F2N3O4S2/c1-20-7-2-6(13)8(3-5(7)12)22(18,19)16-9-4-15-11(21-9)10(14)17/h2-4,16H,1H3,(H2,14,17). The van der Waals surface area contributed by atoms with Crippen LogP contribution in [0.25, 0.3) is 0 Å². The lowest BCUT2D eigenvalue weighted by atomic mass is 10.3. The average Bonchev–Trinajstić information content (AvgIpc) is 2.88. The molecule has 7 nitrogen and oxygen atoms in total. The van der Waals surface area contributed by atoms with Gasteiger partial charge in [-0.3, -0.25) is 9.52 Å². The van der Waals surface area contributed by atoms with Crippen LogP contribution in [0.15, 0.2) is 23.2 Å². The van der Waals surface area contributed by atoms with E-state index in [0.717, 1.165) is 13.3 Å². The number of carbonyl (C=O) groups is 1. The molecule has 0 bridgehead atoms. The number of amides is 1. The van der Waals surface area contributed by atoms with Crippen molar-refractivity contribution >= 4 is 32.3 Å². The molecule has 2 aromatic rings. The summed E-state index contributed by atoms with van der Waals surface area (Å²) in [6.45, 7) is 0. The van der Waals surface area contributed by atoms with Gasteiger partial charge in [0.05, 0.1) is 13.3 Å². The van der Waals surface area contributed by atoms with Crippen LogP contribution in [0.4, 0.5) is 13.8 Å². The number of nitrogens with one attached hydrogen (secondary N) is 1. The van der Waals surface area contributed by atoms with Gasteiger partial charge >= 0.3 is 0 Å². The van der Waals surface area contributed by atoms with Gasteiger partial charge in [0.2, 0.25) is 0 Å². The Bertz CT molecular complexity index is 836. The first-order chi connectivity index (χ1) is 10.2. The number of methoxy groups -OCH3 is 1. The molecule has 0 radical (unpaired) electrons. The Kier molecular flexibility index (Phi) is 4.28. The highest BCUT2D eigenvalue weighted by molar-refractivity contribution is 7.93. The van der Waals surface area contributed by atoms with Crippen LogP contribution in [0.1, 0.15) is 9.80 Å². The molecular formula is C11H9F2N3O4S2. The second-order valence-corrected chi connectivity index (χ2v) is 6.60. The van der Waals surface area contributed by atoms with Crippen molar-refractivity contribution in [1.82, 2.24) is 4.98 Å². The van der Waals surface area contributed by atoms with E-state index < -0.39 is 38.2 Å². The first kappa shape index (κ1) is 16.1. The molecular weight excluding hydrogens is 340 g/mol. The van der Waals surface area contributed by atoms with E-state index in [0.29, 0.717) is 23.5 Å². The van der Waals surface area contributed by atoms with Crippen molar-refractivity contribution in [3.63, 3.8) is 0 Å². The first-order valence-electron chi connectivity index (χ1n) is 5.56. The number of benzene rings is 1. The number of aromatic nitrogens is 1. The van der Waals surface area contributed by atoms with Gasteiger partial charge < -0.3 is 10.5 Å². The Morgan fingerprint density at radius 3 is 2.59 bits per heavy atom. The summed E-state index contributed by atoms with van der Waals surface area (Å²) in [5, 5.41) is -0.191. The number of anilines is 1. The van der Waals surface area contributed by atoms with E-state index >= 15 is 0 Å². The molecule has 11 heteroatoms. The molecule has 0 unspecified atom stereocenters. The van der Waals surface area contributed by atoms with Gasteiger partial charge in [0.1, 0.15) is 15.7 Å². The van der Waals surface area contributed by atoms with Gasteiger partial charge in [-0.2, -0.15) is 0 Å². The molecule has 0 atom stereocenters. The summed E-state index contributed by atoms with van der Waals surface area (Å²) in [4.78, 5) is 13.6. The monoisotopic (exact) mass is 349 g/mol. The zero-order chi connectivity index (χ0) is 16.5. The van der Waals surface area contributed by atoms with Crippen molar-refractivity contribution in [1.29, 1.82) is 0 Å². The molecule has 3 N–H and O–H groups in total.